The van der Waals surface area contributed by atoms with Crippen LogP contribution in [-0.4, -0.2) is 42.7 Å². The van der Waals surface area contributed by atoms with Gasteiger partial charge in [0, 0.05) is 25.3 Å². The molecule has 0 bridgehead atoms. The maximum atomic E-state index is 12.0. The topological polar surface area (TPSA) is 99.1 Å². The number of benzene rings is 1. The smallest absolute Gasteiger partial charge is 0.252 e. The number of fused-ring (bicyclic) bond motifs is 1. The first-order chi connectivity index (χ1) is 14.0. The predicted molar refractivity (Wildman–Crippen MR) is 112 cm³/mol. The van der Waals surface area contributed by atoms with Crippen LogP contribution >= 0.6 is 0 Å². The number of pyridine rings is 1. The van der Waals surface area contributed by atoms with E-state index < -0.39 is 0 Å². The van der Waals surface area contributed by atoms with Crippen molar-refractivity contribution in [1.82, 2.24) is 15.6 Å². The largest absolute Gasteiger partial charge is 0.469 e. The molecule has 1 aromatic heterocycles. The standard InChI is InChI=1S/C22H27N5O2/c1-4-24-21(28)18-9-19-22(27-12-18)29-20(13-26-19)15(3)25-11-14(2)17-7-5-16(10-23)6-8-17/h5-9,12,14-15,20,25-26H,4,11,13H2,1-3H3,(H,24,28)/t14-,15-,20+/m1/s1. The highest BCUT2D eigenvalue weighted by atomic mass is 16.5. The Bertz CT molecular complexity index is 891. The van der Waals surface area contributed by atoms with E-state index in [0.717, 1.165) is 12.2 Å². The van der Waals surface area contributed by atoms with Crippen LogP contribution in [0.25, 0.3) is 0 Å². The van der Waals surface area contributed by atoms with Crippen LogP contribution in [0, 0.1) is 11.3 Å². The van der Waals surface area contributed by atoms with Crippen LogP contribution < -0.4 is 20.7 Å². The number of rotatable bonds is 7. The van der Waals surface area contributed by atoms with E-state index >= 15 is 0 Å². The monoisotopic (exact) mass is 393 g/mol. The Balaban J connectivity index is 1.55. The molecule has 0 aliphatic carbocycles. The Kier molecular flexibility index (Phi) is 6.68. The third-order valence-electron chi connectivity index (χ3n) is 5.12. The number of nitriles is 1. The summed E-state index contributed by atoms with van der Waals surface area (Å²) in [5.74, 6) is 0.688. The molecule has 1 aromatic carbocycles. The average Bonchev–Trinajstić information content (AvgIpc) is 2.76. The van der Waals surface area contributed by atoms with E-state index in [1.54, 1.807) is 12.3 Å². The molecular weight excluding hydrogens is 366 g/mol. The molecule has 1 amide bonds. The van der Waals surface area contributed by atoms with Crippen molar-refractivity contribution in [2.75, 3.05) is 25.0 Å². The summed E-state index contributed by atoms with van der Waals surface area (Å²) in [7, 11) is 0. The molecule has 2 aromatic rings. The van der Waals surface area contributed by atoms with Gasteiger partial charge in [-0.05, 0) is 43.5 Å². The van der Waals surface area contributed by atoms with E-state index in [2.05, 4.69) is 40.9 Å². The molecule has 0 fully saturated rings. The highest BCUT2D eigenvalue weighted by molar-refractivity contribution is 5.95. The Labute approximate surface area is 171 Å². The fourth-order valence-electron chi connectivity index (χ4n) is 3.23. The van der Waals surface area contributed by atoms with Crippen molar-refractivity contribution < 1.29 is 9.53 Å². The second-order valence-electron chi connectivity index (χ2n) is 7.31. The number of ether oxygens (including phenoxy) is 1. The zero-order valence-electron chi connectivity index (χ0n) is 17.0. The van der Waals surface area contributed by atoms with Gasteiger partial charge >= 0.3 is 0 Å². The molecule has 3 N–H and O–H groups in total. The number of nitrogens with one attached hydrogen (secondary N) is 3. The number of carbonyl (C=O) groups is 1. The minimum atomic E-state index is -0.140. The van der Waals surface area contributed by atoms with Gasteiger partial charge in [-0.3, -0.25) is 4.79 Å². The third kappa shape index (κ3) is 5.04. The van der Waals surface area contributed by atoms with Crippen LogP contribution in [0.4, 0.5) is 5.69 Å². The van der Waals surface area contributed by atoms with Gasteiger partial charge in [-0.2, -0.15) is 5.26 Å². The molecule has 29 heavy (non-hydrogen) atoms. The lowest BCUT2D eigenvalue weighted by molar-refractivity contribution is 0.0955. The quantitative estimate of drug-likeness (QED) is 0.669. The zero-order valence-corrected chi connectivity index (χ0v) is 17.0. The molecule has 1 aliphatic heterocycles. The van der Waals surface area contributed by atoms with Gasteiger partial charge in [0.2, 0.25) is 5.88 Å². The van der Waals surface area contributed by atoms with Gasteiger partial charge < -0.3 is 20.7 Å². The fourth-order valence-corrected chi connectivity index (χ4v) is 3.23. The van der Waals surface area contributed by atoms with E-state index in [-0.39, 0.29) is 18.1 Å². The first kappa shape index (κ1) is 20.6. The molecule has 152 valence electrons. The minimum absolute atomic E-state index is 0.0708. The van der Waals surface area contributed by atoms with Crippen molar-refractivity contribution >= 4 is 11.6 Å². The molecular formula is C22H27N5O2. The molecule has 0 spiro atoms. The first-order valence-corrected chi connectivity index (χ1v) is 9.94. The van der Waals surface area contributed by atoms with E-state index in [4.69, 9.17) is 10.00 Å². The molecule has 0 unspecified atom stereocenters. The summed E-state index contributed by atoms with van der Waals surface area (Å²) in [6, 6.07) is 11.7. The number of aromatic nitrogens is 1. The Morgan fingerprint density at radius 3 is 2.83 bits per heavy atom. The molecule has 7 nitrogen and oxygen atoms in total. The van der Waals surface area contributed by atoms with Crippen LogP contribution in [0.3, 0.4) is 0 Å². The molecule has 0 saturated heterocycles. The highest BCUT2D eigenvalue weighted by Gasteiger charge is 2.26. The molecule has 3 rings (SSSR count). The van der Waals surface area contributed by atoms with E-state index in [1.807, 2.05) is 31.2 Å². The van der Waals surface area contributed by atoms with Crippen LogP contribution in [0.1, 0.15) is 48.2 Å². The maximum Gasteiger partial charge on any atom is 0.252 e. The van der Waals surface area contributed by atoms with Gasteiger partial charge in [-0.25, -0.2) is 4.98 Å². The highest BCUT2D eigenvalue weighted by Crippen LogP contribution is 2.28. The summed E-state index contributed by atoms with van der Waals surface area (Å²) >= 11 is 0. The Morgan fingerprint density at radius 2 is 2.14 bits per heavy atom. The van der Waals surface area contributed by atoms with Gasteiger partial charge in [-0.15, -0.1) is 0 Å². The van der Waals surface area contributed by atoms with Gasteiger partial charge in [-0.1, -0.05) is 19.1 Å². The molecule has 3 atom stereocenters. The Hall–Kier alpha value is -3.11. The van der Waals surface area contributed by atoms with Crippen molar-refractivity contribution in [2.24, 2.45) is 0 Å². The lowest BCUT2D eigenvalue weighted by atomic mass is 9.99. The summed E-state index contributed by atoms with van der Waals surface area (Å²) in [6.07, 6.45) is 1.47. The van der Waals surface area contributed by atoms with Crippen LogP contribution in [0.2, 0.25) is 0 Å². The number of nitrogens with zero attached hydrogens (tertiary/aromatic N) is 2. The minimum Gasteiger partial charge on any atom is -0.469 e. The second kappa shape index (κ2) is 9.39. The lowest BCUT2D eigenvalue weighted by Gasteiger charge is -2.31. The van der Waals surface area contributed by atoms with Gasteiger partial charge in [0.05, 0.1) is 29.4 Å². The van der Waals surface area contributed by atoms with Gasteiger partial charge in [0.25, 0.3) is 5.91 Å². The maximum absolute atomic E-state index is 12.0. The van der Waals surface area contributed by atoms with E-state index in [1.165, 1.54) is 5.56 Å². The van der Waals surface area contributed by atoms with Crippen molar-refractivity contribution in [1.29, 1.82) is 5.26 Å². The summed E-state index contributed by atoms with van der Waals surface area (Å²) in [4.78, 5) is 16.3. The van der Waals surface area contributed by atoms with Crippen molar-refractivity contribution in [3.05, 3.63) is 53.2 Å². The number of anilines is 1. The molecule has 0 radical (unpaired) electrons. The number of carbonyl (C=O) groups excluding carboxylic acids is 1. The van der Waals surface area contributed by atoms with Crippen molar-refractivity contribution in [2.45, 2.75) is 38.8 Å². The summed E-state index contributed by atoms with van der Waals surface area (Å²) in [5, 5.41) is 18.5. The number of hydrogen-bond donors (Lipinski definition) is 3. The Morgan fingerprint density at radius 1 is 1.38 bits per heavy atom. The number of hydrogen-bond acceptors (Lipinski definition) is 6. The van der Waals surface area contributed by atoms with Crippen LogP contribution in [0.15, 0.2) is 36.5 Å². The summed E-state index contributed by atoms with van der Waals surface area (Å²) in [5.41, 5.74) is 3.12. The summed E-state index contributed by atoms with van der Waals surface area (Å²) < 4.78 is 6.05. The van der Waals surface area contributed by atoms with Crippen LogP contribution in [-0.2, 0) is 0 Å². The van der Waals surface area contributed by atoms with Gasteiger partial charge in [0.15, 0.2) is 0 Å². The number of amides is 1. The van der Waals surface area contributed by atoms with Crippen molar-refractivity contribution in [3.63, 3.8) is 0 Å². The van der Waals surface area contributed by atoms with Gasteiger partial charge in [0.1, 0.15) is 6.10 Å². The van der Waals surface area contributed by atoms with Crippen molar-refractivity contribution in [3.8, 4) is 11.9 Å². The molecule has 0 saturated carbocycles. The first-order valence-electron chi connectivity index (χ1n) is 9.94. The normalized spacial score (nSPS) is 17.1. The second-order valence-corrected chi connectivity index (χ2v) is 7.31. The molecule has 2 heterocycles. The van der Waals surface area contributed by atoms with E-state index in [0.29, 0.717) is 36.0 Å². The fraction of sp³-hybridized carbons (Fsp3) is 0.409. The SMILES string of the molecule is CCNC(=O)c1cnc2c(c1)NC[C@@H]([C@@H](C)NC[C@@H](C)c1ccc(C#N)cc1)O2. The zero-order chi connectivity index (χ0) is 20.8. The predicted octanol–water partition coefficient (Wildman–Crippen LogP) is 2.66. The summed E-state index contributed by atoms with van der Waals surface area (Å²) in [6.45, 7) is 8.13. The average molecular weight is 393 g/mol. The molecule has 7 heteroatoms. The third-order valence-corrected chi connectivity index (χ3v) is 5.12. The van der Waals surface area contributed by atoms with Crippen LogP contribution in [0.5, 0.6) is 5.88 Å². The lowest BCUT2D eigenvalue weighted by Crippen LogP contribution is -2.47. The molecule has 1 aliphatic rings. The van der Waals surface area contributed by atoms with E-state index in [9.17, 15) is 4.79 Å².